The number of hydrogen-bond donors (Lipinski definition) is 2. The largest absolute Gasteiger partial charge is 0.456 e. The molecule has 4 nitrogen and oxygen atoms in total. The van der Waals surface area contributed by atoms with E-state index in [1.54, 1.807) is 0 Å². The highest BCUT2D eigenvalue weighted by Gasteiger charge is 2.26. The Bertz CT molecular complexity index is 439. The first-order valence-electron chi connectivity index (χ1n) is 7.26. The average molecular weight is 264 g/mol. The van der Waals surface area contributed by atoms with Crippen molar-refractivity contribution in [1.29, 1.82) is 0 Å². The van der Waals surface area contributed by atoms with Crippen molar-refractivity contribution in [3.63, 3.8) is 0 Å². The molecule has 0 aromatic carbocycles. The molecule has 0 aliphatic heterocycles. The molecule has 1 aliphatic rings. The average Bonchev–Trinajstić information content (AvgIpc) is 2.80. The van der Waals surface area contributed by atoms with Gasteiger partial charge in [0.05, 0.1) is 0 Å². The summed E-state index contributed by atoms with van der Waals surface area (Å²) in [6, 6.07) is 2.02. The van der Waals surface area contributed by atoms with Crippen molar-refractivity contribution < 1.29 is 9.21 Å². The molecule has 106 valence electrons. The maximum Gasteiger partial charge on any atom is 0.287 e. The van der Waals surface area contributed by atoms with E-state index in [9.17, 15) is 4.79 Å². The van der Waals surface area contributed by atoms with E-state index in [4.69, 9.17) is 10.2 Å². The van der Waals surface area contributed by atoms with Gasteiger partial charge in [0, 0.05) is 12.5 Å². The monoisotopic (exact) mass is 264 g/mol. The second-order valence-corrected chi connectivity index (χ2v) is 5.43. The van der Waals surface area contributed by atoms with Crippen LogP contribution in [0, 0.1) is 12.8 Å². The molecule has 0 bridgehead atoms. The second kappa shape index (κ2) is 6.24. The first-order chi connectivity index (χ1) is 9.15. The lowest BCUT2D eigenvalue weighted by Crippen LogP contribution is -2.44. The Balaban J connectivity index is 2.03. The van der Waals surface area contributed by atoms with Gasteiger partial charge in [-0.3, -0.25) is 4.79 Å². The predicted octanol–water partition coefficient (Wildman–Crippen LogP) is 2.40. The normalized spacial score (nSPS) is 23.3. The van der Waals surface area contributed by atoms with Crippen LogP contribution in [0.25, 0.3) is 0 Å². The number of amides is 1. The molecule has 2 rings (SSSR count). The summed E-state index contributed by atoms with van der Waals surface area (Å²) in [5.74, 6) is 1.62. The van der Waals surface area contributed by atoms with Crippen LogP contribution in [0.5, 0.6) is 0 Å². The Kier molecular flexibility index (Phi) is 4.64. The summed E-state index contributed by atoms with van der Waals surface area (Å²) in [4.78, 5) is 12.2. The molecule has 1 aliphatic carbocycles. The minimum absolute atomic E-state index is 0.104. The molecule has 2 unspecified atom stereocenters. The Morgan fingerprint density at radius 3 is 2.84 bits per heavy atom. The predicted molar refractivity (Wildman–Crippen MR) is 75.1 cm³/mol. The maximum atomic E-state index is 12.2. The fourth-order valence-electron chi connectivity index (χ4n) is 2.90. The van der Waals surface area contributed by atoms with Crippen LogP contribution >= 0.6 is 0 Å². The minimum atomic E-state index is -0.104. The van der Waals surface area contributed by atoms with E-state index in [0.29, 0.717) is 18.2 Å². The summed E-state index contributed by atoms with van der Waals surface area (Å²) in [6.07, 6.45) is 5.33. The minimum Gasteiger partial charge on any atom is -0.456 e. The van der Waals surface area contributed by atoms with Crippen LogP contribution in [0.15, 0.2) is 10.5 Å². The summed E-state index contributed by atoms with van der Waals surface area (Å²) in [6.45, 7) is 4.64. The lowest BCUT2D eigenvalue weighted by atomic mass is 9.84. The Morgan fingerprint density at radius 2 is 2.21 bits per heavy atom. The smallest absolute Gasteiger partial charge is 0.287 e. The third-order valence-corrected chi connectivity index (χ3v) is 4.09. The molecule has 1 aromatic rings. The molecule has 3 N–H and O–H groups in total. The van der Waals surface area contributed by atoms with Gasteiger partial charge in [-0.25, -0.2) is 0 Å². The summed E-state index contributed by atoms with van der Waals surface area (Å²) in [5.41, 5.74) is 6.83. The van der Waals surface area contributed by atoms with Gasteiger partial charge in [-0.05, 0) is 43.9 Å². The molecule has 19 heavy (non-hydrogen) atoms. The zero-order chi connectivity index (χ0) is 13.8. The van der Waals surface area contributed by atoms with Gasteiger partial charge in [-0.15, -0.1) is 0 Å². The lowest BCUT2D eigenvalue weighted by molar-refractivity contribution is 0.0878. The molecule has 2 atom stereocenters. The maximum absolute atomic E-state index is 12.2. The fourth-order valence-corrected chi connectivity index (χ4v) is 2.90. The molecule has 0 spiro atoms. The Hall–Kier alpha value is -1.29. The molecule has 4 heteroatoms. The third-order valence-electron chi connectivity index (χ3n) is 4.09. The fraction of sp³-hybridized carbons (Fsp3) is 0.667. The van der Waals surface area contributed by atoms with Crippen LogP contribution < -0.4 is 11.1 Å². The van der Waals surface area contributed by atoms with E-state index in [1.807, 2.05) is 19.9 Å². The van der Waals surface area contributed by atoms with E-state index in [1.165, 1.54) is 12.8 Å². The van der Waals surface area contributed by atoms with Gasteiger partial charge in [0.2, 0.25) is 0 Å². The second-order valence-electron chi connectivity index (χ2n) is 5.43. The topological polar surface area (TPSA) is 68.3 Å². The molecule has 1 saturated carbocycles. The quantitative estimate of drug-likeness (QED) is 0.877. The van der Waals surface area contributed by atoms with Crippen molar-refractivity contribution in [1.82, 2.24) is 5.32 Å². The van der Waals surface area contributed by atoms with Crippen LogP contribution in [-0.2, 0) is 6.42 Å². The van der Waals surface area contributed by atoms with E-state index >= 15 is 0 Å². The van der Waals surface area contributed by atoms with Crippen LogP contribution in [0.4, 0.5) is 0 Å². The van der Waals surface area contributed by atoms with Gasteiger partial charge in [-0.1, -0.05) is 19.8 Å². The van der Waals surface area contributed by atoms with Crippen LogP contribution in [0.3, 0.4) is 0 Å². The highest BCUT2D eigenvalue weighted by atomic mass is 16.4. The van der Waals surface area contributed by atoms with E-state index < -0.39 is 0 Å². The Labute approximate surface area is 114 Å². The number of carbonyl (C=O) groups is 1. The molecule has 0 radical (unpaired) electrons. The molecule has 1 fully saturated rings. The molecular formula is C15H24N2O2. The summed E-state index contributed by atoms with van der Waals surface area (Å²) >= 11 is 0. The molecular weight excluding hydrogens is 240 g/mol. The molecule has 0 saturated heterocycles. The highest BCUT2D eigenvalue weighted by Crippen LogP contribution is 2.24. The van der Waals surface area contributed by atoms with Crippen molar-refractivity contribution in [3.8, 4) is 0 Å². The first kappa shape index (κ1) is 14.1. The number of hydrogen-bond acceptors (Lipinski definition) is 3. The summed E-state index contributed by atoms with van der Waals surface area (Å²) in [7, 11) is 0. The standard InChI is InChI=1S/C15H24N2O2/c1-3-13-10(2)8-14(19-13)15(18)17-12-7-5-4-6-11(12)9-16/h8,11-12H,3-7,9,16H2,1-2H3,(H,17,18). The number of nitrogens with two attached hydrogens (primary N) is 1. The summed E-state index contributed by atoms with van der Waals surface area (Å²) < 4.78 is 5.59. The van der Waals surface area contributed by atoms with Gasteiger partial charge in [-0.2, -0.15) is 0 Å². The van der Waals surface area contributed by atoms with Crippen molar-refractivity contribution >= 4 is 5.91 Å². The van der Waals surface area contributed by atoms with Crippen molar-refractivity contribution in [2.45, 2.75) is 52.0 Å². The van der Waals surface area contributed by atoms with Crippen LogP contribution in [0.2, 0.25) is 0 Å². The zero-order valence-corrected chi connectivity index (χ0v) is 11.9. The van der Waals surface area contributed by atoms with Crippen LogP contribution in [0.1, 0.15) is 54.5 Å². The van der Waals surface area contributed by atoms with E-state index in [2.05, 4.69) is 5.32 Å². The Morgan fingerprint density at radius 1 is 1.47 bits per heavy atom. The van der Waals surface area contributed by atoms with Crippen LogP contribution in [-0.4, -0.2) is 18.5 Å². The van der Waals surface area contributed by atoms with Crippen molar-refractivity contribution in [3.05, 3.63) is 23.2 Å². The third kappa shape index (κ3) is 3.18. The number of rotatable bonds is 4. The van der Waals surface area contributed by atoms with E-state index in [-0.39, 0.29) is 11.9 Å². The number of furan rings is 1. The lowest BCUT2D eigenvalue weighted by Gasteiger charge is -2.30. The van der Waals surface area contributed by atoms with Gasteiger partial charge in [0.25, 0.3) is 5.91 Å². The highest BCUT2D eigenvalue weighted by molar-refractivity contribution is 5.92. The van der Waals surface area contributed by atoms with Gasteiger partial charge >= 0.3 is 0 Å². The molecule has 1 amide bonds. The van der Waals surface area contributed by atoms with Crippen molar-refractivity contribution in [2.24, 2.45) is 11.7 Å². The first-order valence-corrected chi connectivity index (χ1v) is 7.26. The van der Waals surface area contributed by atoms with Crippen molar-refractivity contribution in [2.75, 3.05) is 6.54 Å². The van der Waals surface area contributed by atoms with Gasteiger partial charge in [0.15, 0.2) is 5.76 Å². The number of aryl methyl sites for hydroxylation is 2. The number of nitrogens with one attached hydrogen (secondary N) is 1. The van der Waals surface area contributed by atoms with Gasteiger partial charge in [0.1, 0.15) is 5.76 Å². The molecule has 1 aromatic heterocycles. The van der Waals surface area contributed by atoms with Gasteiger partial charge < -0.3 is 15.5 Å². The zero-order valence-electron chi connectivity index (χ0n) is 11.9. The van der Waals surface area contributed by atoms with E-state index in [0.717, 1.165) is 30.6 Å². The number of carbonyl (C=O) groups excluding carboxylic acids is 1. The SMILES string of the molecule is CCc1oc(C(=O)NC2CCCCC2CN)cc1C. The summed E-state index contributed by atoms with van der Waals surface area (Å²) in [5, 5.41) is 3.09. The molecule has 1 heterocycles.